The van der Waals surface area contributed by atoms with Gasteiger partial charge in [0.15, 0.2) is 0 Å². The highest BCUT2D eigenvalue weighted by molar-refractivity contribution is 6.42. The van der Waals surface area contributed by atoms with E-state index in [-0.39, 0.29) is 6.03 Å². The number of hydrogen-bond donors (Lipinski definition) is 2. The molecule has 0 radical (unpaired) electrons. The Balaban J connectivity index is 1.92. The molecule has 0 aromatic heterocycles. The smallest absolute Gasteiger partial charge is 0.319 e. The minimum Gasteiger partial charge on any atom is -0.338 e. The topological polar surface area (TPSA) is 41.1 Å². The Morgan fingerprint density at radius 3 is 1.81 bits per heavy atom. The highest BCUT2D eigenvalue weighted by Gasteiger charge is 2.10. The predicted molar refractivity (Wildman–Crippen MR) is 138 cm³/mol. The Kier molecular flexibility index (Phi) is 16.9. The Morgan fingerprint density at radius 1 is 0.774 bits per heavy atom. The molecule has 0 saturated heterocycles. The number of amides is 2. The molecule has 2 amide bonds. The van der Waals surface area contributed by atoms with Crippen molar-refractivity contribution in [3.05, 3.63) is 39.4 Å². The third kappa shape index (κ3) is 14.7. The second-order valence-electron chi connectivity index (χ2n) is 8.06. The van der Waals surface area contributed by atoms with Crippen LogP contribution in [-0.4, -0.2) is 12.6 Å². The van der Waals surface area contributed by atoms with Gasteiger partial charge in [0.05, 0.1) is 15.7 Å². The van der Waals surface area contributed by atoms with Crippen LogP contribution < -0.4 is 10.6 Å². The number of hydrogen-bond acceptors (Lipinski definition) is 1. The van der Waals surface area contributed by atoms with E-state index in [1.165, 1.54) is 77.0 Å². The first-order valence-corrected chi connectivity index (χ1v) is 13.0. The molecule has 2 N–H and O–H groups in total. The van der Waals surface area contributed by atoms with Crippen LogP contribution in [-0.2, 0) is 0 Å². The summed E-state index contributed by atoms with van der Waals surface area (Å²) in [6.07, 6.45) is 22.5. The van der Waals surface area contributed by atoms with Gasteiger partial charge in [-0.3, -0.25) is 0 Å². The summed E-state index contributed by atoms with van der Waals surface area (Å²) in [4.78, 5) is 12.0. The molecule has 0 heterocycles. The lowest BCUT2D eigenvalue weighted by Crippen LogP contribution is -2.29. The molecule has 1 aromatic carbocycles. The summed E-state index contributed by atoms with van der Waals surface area (Å²) in [5.74, 6) is 0. The van der Waals surface area contributed by atoms with Crippen molar-refractivity contribution >= 4 is 46.5 Å². The third-order valence-corrected chi connectivity index (χ3v) is 6.03. The van der Waals surface area contributed by atoms with Gasteiger partial charge in [-0.25, -0.2) is 4.79 Å². The van der Waals surface area contributed by atoms with Crippen LogP contribution in [0.3, 0.4) is 0 Å². The summed E-state index contributed by atoms with van der Waals surface area (Å²) in [6, 6.07) is 2.80. The minimum atomic E-state index is -0.307. The number of carbonyl (C=O) groups is 1. The van der Waals surface area contributed by atoms with E-state index in [0.717, 1.165) is 12.8 Å². The molecular weight excluding hydrogens is 451 g/mol. The van der Waals surface area contributed by atoms with Crippen LogP contribution in [0.1, 0.15) is 96.8 Å². The number of rotatable bonds is 17. The summed E-state index contributed by atoms with van der Waals surface area (Å²) in [7, 11) is 0. The summed E-state index contributed by atoms with van der Waals surface area (Å²) < 4.78 is 0. The van der Waals surface area contributed by atoms with Crippen molar-refractivity contribution in [2.45, 2.75) is 96.8 Å². The molecular formula is C25H39Cl3N2O. The van der Waals surface area contributed by atoms with Gasteiger partial charge in [0.1, 0.15) is 0 Å². The maximum absolute atomic E-state index is 12.0. The Labute approximate surface area is 204 Å². The van der Waals surface area contributed by atoms with E-state index in [2.05, 4.69) is 29.7 Å². The van der Waals surface area contributed by atoms with Crippen LogP contribution in [0.4, 0.5) is 10.5 Å². The van der Waals surface area contributed by atoms with Crippen molar-refractivity contribution < 1.29 is 4.79 Å². The zero-order valence-electron chi connectivity index (χ0n) is 19.0. The van der Waals surface area contributed by atoms with Gasteiger partial charge in [-0.2, -0.15) is 0 Å². The first-order chi connectivity index (χ1) is 15.0. The van der Waals surface area contributed by atoms with Crippen molar-refractivity contribution in [3.8, 4) is 0 Å². The number of nitrogens with one attached hydrogen (secondary N) is 2. The van der Waals surface area contributed by atoms with Gasteiger partial charge in [-0.15, -0.1) is 0 Å². The lowest BCUT2D eigenvalue weighted by Gasteiger charge is -2.11. The average molecular weight is 490 g/mol. The molecule has 0 fully saturated rings. The van der Waals surface area contributed by atoms with Crippen LogP contribution >= 0.6 is 34.8 Å². The molecule has 0 aliphatic carbocycles. The SMILES string of the molecule is CCCCCCCC/C=C\CCCCCCCCNC(=O)Nc1c(Cl)cc(Cl)cc1Cl. The van der Waals surface area contributed by atoms with Crippen molar-refractivity contribution in [1.29, 1.82) is 0 Å². The summed E-state index contributed by atoms with van der Waals surface area (Å²) >= 11 is 18.0. The van der Waals surface area contributed by atoms with Crippen LogP contribution in [0.25, 0.3) is 0 Å². The van der Waals surface area contributed by atoms with E-state index < -0.39 is 0 Å². The van der Waals surface area contributed by atoms with E-state index >= 15 is 0 Å². The van der Waals surface area contributed by atoms with Gasteiger partial charge < -0.3 is 10.6 Å². The molecule has 0 unspecified atom stereocenters. The lowest BCUT2D eigenvalue weighted by molar-refractivity contribution is 0.252. The number of urea groups is 1. The number of anilines is 1. The highest BCUT2D eigenvalue weighted by Crippen LogP contribution is 2.33. The number of benzene rings is 1. The molecule has 0 aliphatic heterocycles. The van der Waals surface area contributed by atoms with Gasteiger partial charge in [-0.1, -0.05) is 112 Å². The minimum absolute atomic E-state index is 0.307. The molecule has 1 aromatic rings. The number of unbranched alkanes of at least 4 members (excludes halogenated alkanes) is 12. The molecule has 6 heteroatoms. The molecule has 31 heavy (non-hydrogen) atoms. The Bertz CT molecular complexity index is 627. The second-order valence-corrected chi connectivity index (χ2v) is 9.31. The zero-order chi connectivity index (χ0) is 22.7. The lowest BCUT2D eigenvalue weighted by atomic mass is 10.1. The Hall–Kier alpha value is -0.900. The van der Waals surface area contributed by atoms with Gasteiger partial charge >= 0.3 is 6.03 Å². The summed E-state index contributed by atoms with van der Waals surface area (Å²) in [6.45, 7) is 2.90. The van der Waals surface area contributed by atoms with Crippen molar-refractivity contribution in [1.82, 2.24) is 5.32 Å². The maximum Gasteiger partial charge on any atom is 0.319 e. The molecule has 3 nitrogen and oxygen atoms in total. The predicted octanol–water partition coefficient (Wildman–Crippen LogP) is 9.81. The zero-order valence-corrected chi connectivity index (χ0v) is 21.2. The van der Waals surface area contributed by atoms with Gasteiger partial charge in [-0.05, 0) is 44.2 Å². The van der Waals surface area contributed by atoms with E-state index in [1.807, 2.05) is 0 Å². The van der Waals surface area contributed by atoms with Gasteiger partial charge in [0, 0.05) is 11.6 Å². The first-order valence-electron chi connectivity index (χ1n) is 11.9. The van der Waals surface area contributed by atoms with Gasteiger partial charge in [0.25, 0.3) is 0 Å². The van der Waals surface area contributed by atoms with Crippen LogP contribution in [0.2, 0.25) is 15.1 Å². The van der Waals surface area contributed by atoms with E-state index in [0.29, 0.717) is 27.3 Å². The van der Waals surface area contributed by atoms with Crippen molar-refractivity contribution in [2.24, 2.45) is 0 Å². The fourth-order valence-electron chi connectivity index (χ4n) is 3.39. The first kappa shape index (κ1) is 28.1. The van der Waals surface area contributed by atoms with Crippen molar-refractivity contribution in [2.75, 3.05) is 11.9 Å². The van der Waals surface area contributed by atoms with E-state index in [1.54, 1.807) is 12.1 Å². The fourth-order valence-corrected chi connectivity index (χ4v) is 4.31. The standard InChI is InChI=1S/C25H39Cl3N2O/c1-2-3-4-5-6-7-8-9-10-11-12-13-14-15-16-17-18-29-25(31)30-24-22(27)19-21(26)20-23(24)28/h9-10,19-20H,2-8,11-18H2,1H3,(H2,29,30,31)/b10-9-. The monoisotopic (exact) mass is 488 g/mol. The number of allylic oxidation sites excluding steroid dienone is 2. The van der Waals surface area contributed by atoms with E-state index in [4.69, 9.17) is 34.8 Å². The Morgan fingerprint density at radius 2 is 1.26 bits per heavy atom. The molecule has 1 rings (SSSR count). The molecule has 0 aliphatic rings. The van der Waals surface area contributed by atoms with E-state index in [9.17, 15) is 4.79 Å². The quantitative estimate of drug-likeness (QED) is 0.166. The normalized spacial score (nSPS) is 11.2. The van der Waals surface area contributed by atoms with Crippen LogP contribution in [0.5, 0.6) is 0 Å². The van der Waals surface area contributed by atoms with Gasteiger partial charge in [0.2, 0.25) is 0 Å². The molecule has 0 spiro atoms. The molecule has 176 valence electrons. The molecule has 0 bridgehead atoms. The van der Waals surface area contributed by atoms with Crippen molar-refractivity contribution in [3.63, 3.8) is 0 Å². The molecule has 0 atom stereocenters. The largest absolute Gasteiger partial charge is 0.338 e. The fraction of sp³-hybridized carbons (Fsp3) is 0.640. The number of carbonyl (C=O) groups excluding carboxylic acids is 1. The summed E-state index contributed by atoms with van der Waals surface area (Å²) in [5.41, 5.74) is 0.381. The maximum atomic E-state index is 12.0. The van der Waals surface area contributed by atoms with Crippen LogP contribution in [0, 0.1) is 0 Å². The third-order valence-electron chi connectivity index (χ3n) is 5.22. The highest BCUT2D eigenvalue weighted by atomic mass is 35.5. The molecule has 0 saturated carbocycles. The second kappa shape index (κ2) is 18.7. The number of halogens is 3. The summed E-state index contributed by atoms with van der Waals surface area (Å²) in [5, 5.41) is 6.60. The van der Waals surface area contributed by atoms with Crippen LogP contribution in [0.15, 0.2) is 24.3 Å². The average Bonchev–Trinajstić information content (AvgIpc) is 2.73.